The first-order chi connectivity index (χ1) is 11.8. The van der Waals surface area contributed by atoms with Crippen molar-refractivity contribution >= 4 is 0 Å². The van der Waals surface area contributed by atoms with E-state index in [2.05, 4.69) is 97.5 Å². The molecule has 1 aliphatic carbocycles. The Bertz CT molecular complexity index is 847. The lowest BCUT2D eigenvalue weighted by molar-refractivity contribution is -0.660. The summed E-state index contributed by atoms with van der Waals surface area (Å²) in [4.78, 5) is 0. The number of benzene rings is 1. The van der Waals surface area contributed by atoms with Crippen LogP contribution >= 0.6 is 0 Å². The van der Waals surface area contributed by atoms with E-state index in [1.54, 1.807) is 0 Å². The monoisotopic (exact) mass is 350 g/mol. The summed E-state index contributed by atoms with van der Waals surface area (Å²) in [7, 11) is 2.16. The highest BCUT2D eigenvalue weighted by Crippen LogP contribution is 2.50. The van der Waals surface area contributed by atoms with Gasteiger partial charge in [0.1, 0.15) is 7.05 Å². The first kappa shape index (κ1) is 19.1. The molecule has 0 fully saturated rings. The van der Waals surface area contributed by atoms with Gasteiger partial charge < -0.3 is 0 Å². The van der Waals surface area contributed by atoms with Crippen LogP contribution in [0.5, 0.6) is 0 Å². The summed E-state index contributed by atoms with van der Waals surface area (Å²) in [5, 5.41) is 0. The van der Waals surface area contributed by atoms with Crippen molar-refractivity contribution in [3.63, 3.8) is 0 Å². The first-order valence-electron chi connectivity index (χ1n) is 9.95. The molecule has 140 valence electrons. The molecule has 26 heavy (non-hydrogen) atoms. The number of aromatic nitrogens is 1. The fourth-order valence-electron chi connectivity index (χ4n) is 5.00. The van der Waals surface area contributed by atoms with Gasteiger partial charge in [-0.3, -0.25) is 0 Å². The highest BCUT2D eigenvalue weighted by atomic mass is 14.9. The van der Waals surface area contributed by atoms with Crippen molar-refractivity contribution in [3.8, 4) is 11.3 Å². The molecule has 0 atom stereocenters. The predicted molar refractivity (Wildman–Crippen MR) is 112 cm³/mol. The van der Waals surface area contributed by atoms with Gasteiger partial charge >= 0.3 is 0 Å². The van der Waals surface area contributed by atoms with E-state index in [1.165, 1.54) is 39.9 Å². The van der Waals surface area contributed by atoms with Gasteiger partial charge in [-0.05, 0) is 64.3 Å². The third-order valence-electron chi connectivity index (χ3n) is 5.93. The molecule has 0 bridgehead atoms. The van der Waals surface area contributed by atoms with Crippen LogP contribution in [0, 0.1) is 12.3 Å². The van der Waals surface area contributed by atoms with Gasteiger partial charge in [-0.1, -0.05) is 54.5 Å². The van der Waals surface area contributed by atoms with Crippen molar-refractivity contribution in [1.29, 1.82) is 0 Å². The third kappa shape index (κ3) is 3.46. The minimum Gasteiger partial charge on any atom is -0.201 e. The van der Waals surface area contributed by atoms with Gasteiger partial charge in [0.05, 0.1) is 0 Å². The van der Waals surface area contributed by atoms with Crippen LogP contribution in [0.15, 0.2) is 30.5 Å². The van der Waals surface area contributed by atoms with Crippen molar-refractivity contribution in [3.05, 3.63) is 52.7 Å². The average molecular weight is 351 g/mol. The lowest BCUT2D eigenvalue weighted by Gasteiger charge is -2.22. The fraction of sp³-hybridized carbons (Fsp3) is 0.560. The molecule has 0 saturated heterocycles. The Balaban J connectivity index is 2.16. The molecule has 0 aliphatic heterocycles. The first-order valence-corrected chi connectivity index (χ1v) is 9.95. The molecular formula is C25H36N+. The van der Waals surface area contributed by atoms with E-state index in [9.17, 15) is 0 Å². The van der Waals surface area contributed by atoms with E-state index < -0.39 is 0 Å². The van der Waals surface area contributed by atoms with Gasteiger partial charge in [0.15, 0.2) is 6.20 Å². The summed E-state index contributed by atoms with van der Waals surface area (Å²) in [6, 6.07) is 9.60. The number of rotatable bonds is 2. The Morgan fingerprint density at radius 3 is 2.12 bits per heavy atom. The zero-order chi connectivity index (χ0) is 19.5. The Kier molecular flexibility index (Phi) is 4.37. The maximum Gasteiger partial charge on any atom is 0.212 e. The van der Waals surface area contributed by atoms with Crippen LogP contribution in [0.25, 0.3) is 11.3 Å². The second kappa shape index (κ2) is 5.94. The van der Waals surface area contributed by atoms with Gasteiger partial charge in [0.25, 0.3) is 0 Å². The Hall–Kier alpha value is -1.63. The number of fused-ring (bicyclic) bond motifs is 1. The second-order valence-corrected chi connectivity index (χ2v) is 10.9. The minimum absolute atomic E-state index is 0.239. The summed E-state index contributed by atoms with van der Waals surface area (Å²) in [6.07, 6.45) is 4.54. The van der Waals surface area contributed by atoms with Crippen LogP contribution in [-0.2, 0) is 24.3 Å². The smallest absolute Gasteiger partial charge is 0.201 e. The highest BCUT2D eigenvalue weighted by molar-refractivity contribution is 5.66. The molecule has 0 spiro atoms. The van der Waals surface area contributed by atoms with Crippen LogP contribution in [0.2, 0.25) is 0 Å². The zero-order valence-electron chi connectivity index (χ0n) is 18.2. The van der Waals surface area contributed by atoms with Crippen LogP contribution < -0.4 is 4.57 Å². The number of nitrogens with zero attached hydrogens (tertiary/aromatic N) is 1. The molecule has 0 N–H and O–H groups in total. The van der Waals surface area contributed by atoms with Gasteiger partial charge in [-0.25, -0.2) is 4.57 Å². The van der Waals surface area contributed by atoms with Crippen LogP contribution in [0.4, 0.5) is 0 Å². The minimum atomic E-state index is 0.239. The summed E-state index contributed by atoms with van der Waals surface area (Å²) >= 11 is 0. The topological polar surface area (TPSA) is 3.88 Å². The number of pyridine rings is 1. The predicted octanol–water partition coefficient (Wildman–Crippen LogP) is 6.03. The molecule has 0 radical (unpaired) electrons. The van der Waals surface area contributed by atoms with E-state index in [-0.39, 0.29) is 10.8 Å². The van der Waals surface area contributed by atoms with Crippen molar-refractivity contribution < 1.29 is 4.57 Å². The standard InChI is InChI=1S/C25H36N/c1-17-12-20-21(25(7,8)16-24(20,5)6)14-19(17)22-13-18(10-11-26(22)9)15-23(2,3)4/h10-14H,15-16H2,1-9H3/q+1. The summed E-state index contributed by atoms with van der Waals surface area (Å²) in [5.41, 5.74) is 9.39. The van der Waals surface area contributed by atoms with Crippen molar-refractivity contribution in [2.75, 3.05) is 0 Å². The van der Waals surface area contributed by atoms with E-state index in [4.69, 9.17) is 0 Å². The SMILES string of the molecule is Cc1cc2c(cc1-c1cc(CC(C)(C)C)cc[n+]1C)C(C)(C)CC2(C)C. The van der Waals surface area contributed by atoms with Crippen molar-refractivity contribution in [2.24, 2.45) is 12.5 Å². The Labute approximate surface area is 160 Å². The molecule has 1 heterocycles. The van der Waals surface area contributed by atoms with Gasteiger partial charge in [0.2, 0.25) is 5.69 Å². The molecule has 0 saturated carbocycles. The largest absolute Gasteiger partial charge is 0.212 e. The molecule has 1 heteroatoms. The average Bonchev–Trinajstić information content (AvgIpc) is 2.64. The Morgan fingerprint density at radius 2 is 1.54 bits per heavy atom. The van der Waals surface area contributed by atoms with Crippen LogP contribution in [0.3, 0.4) is 0 Å². The molecule has 1 aliphatic rings. The quantitative estimate of drug-likeness (QED) is 0.582. The van der Waals surface area contributed by atoms with E-state index in [0.29, 0.717) is 5.41 Å². The molecule has 2 aromatic rings. The number of hydrogen-bond acceptors (Lipinski definition) is 0. The lowest BCUT2D eigenvalue weighted by Crippen LogP contribution is -2.31. The van der Waals surface area contributed by atoms with Crippen molar-refractivity contribution in [1.82, 2.24) is 0 Å². The zero-order valence-corrected chi connectivity index (χ0v) is 18.2. The van der Waals surface area contributed by atoms with Gasteiger partial charge in [-0.15, -0.1) is 0 Å². The molecule has 3 rings (SSSR count). The van der Waals surface area contributed by atoms with Gasteiger partial charge in [-0.2, -0.15) is 0 Å². The molecule has 0 amide bonds. The maximum absolute atomic E-state index is 2.48. The molecule has 0 unspecified atom stereocenters. The highest BCUT2D eigenvalue weighted by Gasteiger charge is 2.42. The van der Waals surface area contributed by atoms with Gasteiger partial charge in [0, 0.05) is 17.7 Å². The van der Waals surface area contributed by atoms with E-state index in [0.717, 1.165) is 6.42 Å². The Morgan fingerprint density at radius 1 is 0.962 bits per heavy atom. The molecule has 1 aromatic carbocycles. The van der Waals surface area contributed by atoms with E-state index >= 15 is 0 Å². The summed E-state index contributed by atoms with van der Waals surface area (Å²) in [6.45, 7) is 18.8. The van der Waals surface area contributed by atoms with Crippen LogP contribution in [0.1, 0.15) is 77.1 Å². The fourth-order valence-corrected chi connectivity index (χ4v) is 5.00. The summed E-state index contributed by atoms with van der Waals surface area (Å²) < 4.78 is 2.27. The molecule has 1 aromatic heterocycles. The molecule has 1 nitrogen and oxygen atoms in total. The number of hydrogen-bond donors (Lipinski definition) is 0. The lowest BCUT2D eigenvalue weighted by atomic mass is 9.82. The van der Waals surface area contributed by atoms with E-state index in [1.807, 2.05) is 0 Å². The maximum atomic E-state index is 2.48. The third-order valence-corrected chi connectivity index (χ3v) is 5.93. The van der Waals surface area contributed by atoms with Crippen LogP contribution in [-0.4, -0.2) is 0 Å². The second-order valence-electron chi connectivity index (χ2n) is 10.9. The normalized spacial score (nSPS) is 18.0. The van der Waals surface area contributed by atoms with Crippen molar-refractivity contribution in [2.45, 2.75) is 79.1 Å². The number of aryl methyl sites for hydroxylation is 2. The summed E-state index contributed by atoms with van der Waals surface area (Å²) in [5.74, 6) is 0. The molecular weight excluding hydrogens is 314 g/mol.